The van der Waals surface area contributed by atoms with Gasteiger partial charge in [-0.2, -0.15) is 0 Å². The van der Waals surface area contributed by atoms with Gasteiger partial charge in [0, 0.05) is 32.2 Å². The molecule has 0 aromatic rings. The maximum absolute atomic E-state index is 12.5. The SMILES string of the molecule is COCC[C@H](C)C(=O)N1CCC2(CCCC2)C1C. The Morgan fingerprint density at radius 1 is 1.39 bits per heavy atom. The number of carbonyl (C=O) groups is 1. The van der Waals surface area contributed by atoms with Gasteiger partial charge in [0.2, 0.25) is 5.91 Å². The highest BCUT2D eigenvalue weighted by atomic mass is 16.5. The molecule has 2 fully saturated rings. The van der Waals surface area contributed by atoms with Gasteiger partial charge in [0.05, 0.1) is 0 Å². The molecule has 0 N–H and O–H groups in total. The summed E-state index contributed by atoms with van der Waals surface area (Å²) in [6.07, 6.45) is 7.41. The molecule has 1 saturated heterocycles. The zero-order chi connectivity index (χ0) is 13.2. The van der Waals surface area contributed by atoms with Gasteiger partial charge in [0.1, 0.15) is 0 Å². The van der Waals surface area contributed by atoms with E-state index in [2.05, 4.69) is 11.8 Å². The third kappa shape index (κ3) is 2.42. The smallest absolute Gasteiger partial charge is 0.225 e. The Bertz CT molecular complexity index is 297. The fraction of sp³-hybridized carbons (Fsp3) is 0.933. The molecule has 1 aliphatic heterocycles. The van der Waals surface area contributed by atoms with E-state index in [1.807, 2.05) is 6.92 Å². The Labute approximate surface area is 111 Å². The molecule has 3 nitrogen and oxygen atoms in total. The minimum absolute atomic E-state index is 0.101. The van der Waals surface area contributed by atoms with Crippen LogP contribution in [-0.2, 0) is 9.53 Å². The predicted octanol–water partition coefficient (Wildman–Crippen LogP) is 2.84. The van der Waals surface area contributed by atoms with Crippen LogP contribution >= 0.6 is 0 Å². The number of amides is 1. The fourth-order valence-corrected chi connectivity index (χ4v) is 3.83. The molecule has 18 heavy (non-hydrogen) atoms. The summed E-state index contributed by atoms with van der Waals surface area (Å²) in [5.41, 5.74) is 0.455. The highest BCUT2D eigenvalue weighted by Crippen LogP contribution is 2.49. The van der Waals surface area contributed by atoms with Crippen molar-refractivity contribution in [2.75, 3.05) is 20.3 Å². The van der Waals surface area contributed by atoms with E-state index in [1.165, 1.54) is 32.1 Å². The minimum Gasteiger partial charge on any atom is -0.385 e. The van der Waals surface area contributed by atoms with Crippen molar-refractivity contribution in [3.05, 3.63) is 0 Å². The molecule has 2 atom stereocenters. The Morgan fingerprint density at radius 2 is 2.06 bits per heavy atom. The van der Waals surface area contributed by atoms with Crippen LogP contribution in [0.25, 0.3) is 0 Å². The van der Waals surface area contributed by atoms with E-state index < -0.39 is 0 Å². The number of likely N-dealkylation sites (tertiary alicyclic amines) is 1. The average molecular weight is 253 g/mol. The summed E-state index contributed by atoms with van der Waals surface area (Å²) < 4.78 is 5.07. The zero-order valence-corrected chi connectivity index (χ0v) is 12.1. The van der Waals surface area contributed by atoms with E-state index in [4.69, 9.17) is 4.74 Å². The third-order valence-electron chi connectivity index (χ3n) is 5.26. The van der Waals surface area contributed by atoms with Crippen molar-refractivity contribution in [3.63, 3.8) is 0 Å². The molecule has 1 amide bonds. The molecule has 0 aromatic heterocycles. The lowest BCUT2D eigenvalue weighted by molar-refractivity contribution is -0.137. The van der Waals surface area contributed by atoms with Crippen LogP contribution in [-0.4, -0.2) is 37.1 Å². The Morgan fingerprint density at radius 3 is 2.67 bits per heavy atom. The standard InChI is InChI=1S/C15H27NO2/c1-12(6-11-18-3)14(17)16-10-9-15(13(16)2)7-4-5-8-15/h12-13H,4-11H2,1-3H3/t12-,13?/m0/s1. The monoisotopic (exact) mass is 253 g/mol. The number of nitrogens with zero attached hydrogens (tertiary/aromatic N) is 1. The number of hydrogen-bond donors (Lipinski definition) is 0. The van der Waals surface area contributed by atoms with Crippen LogP contribution in [0.2, 0.25) is 0 Å². The highest BCUT2D eigenvalue weighted by Gasteiger charge is 2.48. The van der Waals surface area contributed by atoms with Crippen molar-refractivity contribution in [1.29, 1.82) is 0 Å². The molecule has 1 spiro atoms. The molecule has 0 aromatic carbocycles. The van der Waals surface area contributed by atoms with Crippen molar-refractivity contribution in [2.45, 2.75) is 58.4 Å². The summed E-state index contributed by atoms with van der Waals surface area (Å²) >= 11 is 0. The lowest BCUT2D eigenvalue weighted by atomic mass is 9.79. The zero-order valence-electron chi connectivity index (χ0n) is 12.1. The second-order valence-corrected chi connectivity index (χ2v) is 6.21. The van der Waals surface area contributed by atoms with Crippen LogP contribution < -0.4 is 0 Å². The van der Waals surface area contributed by atoms with Crippen molar-refractivity contribution < 1.29 is 9.53 Å². The first-order valence-corrected chi connectivity index (χ1v) is 7.40. The highest BCUT2D eigenvalue weighted by molar-refractivity contribution is 5.79. The lowest BCUT2D eigenvalue weighted by Gasteiger charge is -2.33. The predicted molar refractivity (Wildman–Crippen MR) is 72.4 cm³/mol. The lowest BCUT2D eigenvalue weighted by Crippen LogP contribution is -2.42. The van der Waals surface area contributed by atoms with Crippen LogP contribution in [0.4, 0.5) is 0 Å². The molecule has 0 bridgehead atoms. The van der Waals surface area contributed by atoms with Crippen molar-refractivity contribution in [3.8, 4) is 0 Å². The molecule has 104 valence electrons. The van der Waals surface area contributed by atoms with Crippen LogP contribution in [0, 0.1) is 11.3 Å². The Hall–Kier alpha value is -0.570. The maximum Gasteiger partial charge on any atom is 0.225 e. The molecule has 1 saturated carbocycles. The molecular weight excluding hydrogens is 226 g/mol. The van der Waals surface area contributed by atoms with E-state index in [1.54, 1.807) is 7.11 Å². The van der Waals surface area contributed by atoms with Crippen molar-refractivity contribution in [2.24, 2.45) is 11.3 Å². The molecule has 3 heteroatoms. The topological polar surface area (TPSA) is 29.5 Å². The molecule has 2 rings (SSSR count). The molecule has 0 radical (unpaired) electrons. The van der Waals surface area contributed by atoms with Crippen LogP contribution in [0.1, 0.15) is 52.4 Å². The van der Waals surface area contributed by atoms with Gasteiger partial charge in [-0.15, -0.1) is 0 Å². The second-order valence-electron chi connectivity index (χ2n) is 6.21. The fourth-order valence-electron chi connectivity index (χ4n) is 3.83. The van der Waals surface area contributed by atoms with Gasteiger partial charge in [-0.3, -0.25) is 4.79 Å². The molecule has 1 aliphatic carbocycles. The van der Waals surface area contributed by atoms with E-state index >= 15 is 0 Å². The van der Waals surface area contributed by atoms with Crippen LogP contribution in [0.3, 0.4) is 0 Å². The van der Waals surface area contributed by atoms with Gasteiger partial charge in [-0.1, -0.05) is 19.8 Å². The molecular formula is C15H27NO2. The summed E-state index contributed by atoms with van der Waals surface area (Å²) in [5.74, 6) is 0.437. The number of methoxy groups -OCH3 is 1. The van der Waals surface area contributed by atoms with E-state index in [0.29, 0.717) is 24.0 Å². The van der Waals surface area contributed by atoms with Gasteiger partial charge in [-0.25, -0.2) is 0 Å². The summed E-state index contributed by atoms with van der Waals surface area (Å²) in [5, 5.41) is 0. The number of rotatable bonds is 4. The summed E-state index contributed by atoms with van der Waals surface area (Å²) in [7, 11) is 1.70. The van der Waals surface area contributed by atoms with Crippen molar-refractivity contribution >= 4 is 5.91 Å². The average Bonchev–Trinajstić information content (AvgIpc) is 2.96. The summed E-state index contributed by atoms with van der Waals surface area (Å²) in [6, 6.07) is 0.442. The van der Waals surface area contributed by atoms with Crippen LogP contribution in [0.15, 0.2) is 0 Å². The van der Waals surface area contributed by atoms with E-state index in [9.17, 15) is 4.79 Å². The minimum atomic E-state index is 0.101. The van der Waals surface area contributed by atoms with Gasteiger partial charge in [-0.05, 0) is 38.0 Å². The summed E-state index contributed by atoms with van der Waals surface area (Å²) in [4.78, 5) is 14.6. The largest absolute Gasteiger partial charge is 0.385 e. The Balaban J connectivity index is 1.95. The van der Waals surface area contributed by atoms with E-state index in [0.717, 1.165) is 13.0 Å². The molecule has 2 aliphatic rings. The molecule has 1 unspecified atom stereocenters. The van der Waals surface area contributed by atoms with Gasteiger partial charge < -0.3 is 9.64 Å². The third-order valence-corrected chi connectivity index (χ3v) is 5.26. The normalized spacial score (nSPS) is 27.9. The summed E-state index contributed by atoms with van der Waals surface area (Å²) in [6.45, 7) is 5.95. The van der Waals surface area contributed by atoms with Gasteiger partial charge in [0.15, 0.2) is 0 Å². The number of carbonyl (C=O) groups excluding carboxylic acids is 1. The first-order valence-electron chi connectivity index (χ1n) is 7.40. The van der Waals surface area contributed by atoms with E-state index in [-0.39, 0.29) is 5.92 Å². The quantitative estimate of drug-likeness (QED) is 0.771. The first-order chi connectivity index (χ1) is 8.60. The number of hydrogen-bond acceptors (Lipinski definition) is 2. The Kier molecular flexibility index (Phi) is 4.31. The van der Waals surface area contributed by atoms with Gasteiger partial charge >= 0.3 is 0 Å². The number of ether oxygens (including phenoxy) is 1. The second kappa shape index (κ2) is 5.60. The first kappa shape index (κ1) is 13.9. The maximum atomic E-state index is 12.5. The van der Waals surface area contributed by atoms with Crippen molar-refractivity contribution in [1.82, 2.24) is 4.90 Å². The van der Waals surface area contributed by atoms with Gasteiger partial charge in [0.25, 0.3) is 0 Å². The van der Waals surface area contributed by atoms with Crippen LogP contribution in [0.5, 0.6) is 0 Å². The molecule has 1 heterocycles.